The number of ether oxygens (including phenoxy) is 2. The van der Waals surface area contributed by atoms with Crippen molar-refractivity contribution in [1.82, 2.24) is 4.98 Å². The van der Waals surface area contributed by atoms with Gasteiger partial charge in [-0.25, -0.2) is 0 Å². The molecule has 0 radical (unpaired) electrons. The van der Waals surface area contributed by atoms with Crippen molar-refractivity contribution in [1.29, 1.82) is 0 Å². The van der Waals surface area contributed by atoms with Gasteiger partial charge in [-0.15, -0.1) is 11.8 Å². The van der Waals surface area contributed by atoms with Crippen LogP contribution in [0.15, 0.2) is 71.9 Å². The number of methoxy groups -OCH3 is 1. The third kappa shape index (κ3) is 5.99. The van der Waals surface area contributed by atoms with E-state index in [2.05, 4.69) is 24.1 Å². The number of nitrogens with zero attached hydrogens (tertiary/aromatic N) is 1. The van der Waals surface area contributed by atoms with E-state index < -0.39 is 0 Å². The van der Waals surface area contributed by atoms with Crippen LogP contribution in [0.2, 0.25) is 0 Å². The molecule has 2 aromatic carbocycles. The second kappa shape index (κ2) is 9.98. The van der Waals surface area contributed by atoms with Crippen molar-refractivity contribution in [2.75, 3.05) is 12.4 Å². The highest BCUT2D eigenvalue weighted by Gasteiger charge is 2.11. The Morgan fingerprint density at radius 2 is 1.76 bits per heavy atom. The smallest absolute Gasteiger partial charge is 0.255 e. The van der Waals surface area contributed by atoms with Crippen molar-refractivity contribution in [3.8, 4) is 11.5 Å². The number of pyridine rings is 1. The van der Waals surface area contributed by atoms with Crippen LogP contribution in [0.4, 0.5) is 5.69 Å². The average molecular weight is 409 g/mol. The van der Waals surface area contributed by atoms with Gasteiger partial charge in [0, 0.05) is 39.9 Å². The first-order chi connectivity index (χ1) is 14.0. The second-order valence-corrected chi connectivity index (χ2v) is 8.30. The fourth-order valence-electron chi connectivity index (χ4n) is 2.67. The molecule has 6 heteroatoms. The van der Waals surface area contributed by atoms with Gasteiger partial charge in [-0.3, -0.25) is 9.78 Å². The molecule has 1 heterocycles. The molecule has 1 amide bonds. The van der Waals surface area contributed by atoms with Gasteiger partial charge in [0.1, 0.15) is 6.61 Å². The Morgan fingerprint density at radius 3 is 2.41 bits per heavy atom. The first-order valence-electron chi connectivity index (χ1n) is 9.33. The minimum Gasteiger partial charge on any atom is -0.493 e. The Kier molecular flexibility index (Phi) is 7.14. The van der Waals surface area contributed by atoms with E-state index in [0.29, 0.717) is 34.6 Å². The quantitative estimate of drug-likeness (QED) is 0.504. The molecule has 0 bridgehead atoms. The second-order valence-electron chi connectivity index (χ2n) is 6.65. The standard InChI is InChI=1S/C23H24N2O3S/c1-16(2)29-20-7-4-18(5-8-20)23(26)25-19-6-9-21(27-3)22(14-19)28-15-17-10-12-24-13-11-17/h4-14,16H,15H2,1-3H3,(H,25,26). The zero-order valence-electron chi connectivity index (χ0n) is 16.7. The Balaban J connectivity index is 1.69. The largest absolute Gasteiger partial charge is 0.493 e. The summed E-state index contributed by atoms with van der Waals surface area (Å²) in [5, 5.41) is 3.42. The van der Waals surface area contributed by atoms with E-state index in [4.69, 9.17) is 9.47 Å². The van der Waals surface area contributed by atoms with E-state index in [0.717, 1.165) is 10.5 Å². The summed E-state index contributed by atoms with van der Waals surface area (Å²) in [5.74, 6) is 0.995. The van der Waals surface area contributed by atoms with Gasteiger partial charge in [-0.05, 0) is 54.1 Å². The number of nitrogens with one attached hydrogen (secondary N) is 1. The SMILES string of the molecule is COc1ccc(NC(=O)c2ccc(SC(C)C)cc2)cc1OCc1ccncc1. The Labute approximate surface area is 175 Å². The van der Waals surface area contributed by atoms with Gasteiger partial charge in [0.2, 0.25) is 0 Å². The molecule has 0 spiro atoms. The summed E-state index contributed by atoms with van der Waals surface area (Å²) in [4.78, 5) is 17.7. The predicted molar refractivity (Wildman–Crippen MR) is 117 cm³/mol. The highest BCUT2D eigenvalue weighted by molar-refractivity contribution is 7.99. The number of rotatable bonds is 8. The van der Waals surface area contributed by atoms with Gasteiger partial charge in [-0.2, -0.15) is 0 Å². The molecule has 0 saturated carbocycles. The van der Waals surface area contributed by atoms with Crippen molar-refractivity contribution in [2.24, 2.45) is 0 Å². The summed E-state index contributed by atoms with van der Waals surface area (Å²) in [6, 6.07) is 16.7. The molecule has 0 saturated heterocycles. The number of carbonyl (C=O) groups excluding carboxylic acids is 1. The molecular weight excluding hydrogens is 384 g/mol. The van der Waals surface area contributed by atoms with E-state index in [1.54, 1.807) is 49.5 Å². The minimum atomic E-state index is -0.170. The normalized spacial score (nSPS) is 10.6. The van der Waals surface area contributed by atoms with Crippen molar-refractivity contribution >= 4 is 23.4 Å². The Morgan fingerprint density at radius 1 is 1.03 bits per heavy atom. The fraction of sp³-hybridized carbons (Fsp3) is 0.217. The van der Waals surface area contributed by atoms with Gasteiger partial charge in [0.05, 0.1) is 7.11 Å². The van der Waals surface area contributed by atoms with Gasteiger partial charge in [-0.1, -0.05) is 13.8 Å². The van der Waals surface area contributed by atoms with Gasteiger partial charge < -0.3 is 14.8 Å². The highest BCUT2D eigenvalue weighted by atomic mass is 32.2. The zero-order chi connectivity index (χ0) is 20.6. The number of aromatic nitrogens is 1. The predicted octanol–water partition coefficient (Wildman–Crippen LogP) is 5.42. The van der Waals surface area contributed by atoms with Crippen molar-refractivity contribution in [3.05, 3.63) is 78.1 Å². The van der Waals surface area contributed by atoms with Crippen LogP contribution in [0.3, 0.4) is 0 Å². The summed E-state index contributed by atoms with van der Waals surface area (Å²) >= 11 is 1.77. The van der Waals surface area contributed by atoms with Crippen LogP contribution in [0.5, 0.6) is 11.5 Å². The summed E-state index contributed by atoms with van der Waals surface area (Å²) in [7, 11) is 1.59. The van der Waals surface area contributed by atoms with E-state index in [-0.39, 0.29) is 5.91 Å². The lowest BCUT2D eigenvalue weighted by atomic mass is 10.2. The van der Waals surface area contributed by atoms with Crippen LogP contribution in [-0.4, -0.2) is 23.3 Å². The summed E-state index contributed by atoms with van der Waals surface area (Å²) in [5.41, 5.74) is 2.24. The van der Waals surface area contributed by atoms with E-state index in [9.17, 15) is 4.79 Å². The van der Waals surface area contributed by atoms with Crippen LogP contribution in [0.1, 0.15) is 29.8 Å². The molecule has 1 N–H and O–H groups in total. The lowest BCUT2D eigenvalue weighted by Crippen LogP contribution is -2.12. The maximum absolute atomic E-state index is 12.6. The third-order valence-electron chi connectivity index (χ3n) is 4.05. The molecule has 3 aromatic rings. The van der Waals surface area contributed by atoms with Crippen molar-refractivity contribution in [3.63, 3.8) is 0 Å². The van der Waals surface area contributed by atoms with E-state index in [1.165, 1.54) is 0 Å². The van der Waals surface area contributed by atoms with Crippen molar-refractivity contribution in [2.45, 2.75) is 30.6 Å². The number of thioether (sulfide) groups is 1. The maximum atomic E-state index is 12.6. The van der Waals surface area contributed by atoms with Crippen LogP contribution >= 0.6 is 11.8 Å². The first kappa shape index (κ1) is 20.7. The molecule has 0 aliphatic rings. The number of benzene rings is 2. The van der Waals surface area contributed by atoms with Crippen LogP contribution in [0, 0.1) is 0 Å². The number of hydrogen-bond donors (Lipinski definition) is 1. The van der Waals surface area contributed by atoms with Crippen LogP contribution in [-0.2, 0) is 6.61 Å². The highest BCUT2D eigenvalue weighted by Crippen LogP contribution is 2.31. The Bertz CT molecular complexity index is 944. The van der Waals surface area contributed by atoms with E-state index in [1.807, 2.05) is 36.4 Å². The fourth-order valence-corrected chi connectivity index (χ4v) is 3.51. The average Bonchev–Trinajstić information content (AvgIpc) is 2.73. The molecule has 0 atom stereocenters. The first-order valence-corrected chi connectivity index (χ1v) is 10.2. The van der Waals surface area contributed by atoms with E-state index >= 15 is 0 Å². The van der Waals surface area contributed by atoms with Gasteiger partial charge in [0.25, 0.3) is 5.91 Å². The lowest BCUT2D eigenvalue weighted by Gasteiger charge is -2.13. The summed E-state index contributed by atoms with van der Waals surface area (Å²) < 4.78 is 11.3. The monoisotopic (exact) mass is 408 g/mol. The third-order valence-corrected chi connectivity index (χ3v) is 5.07. The molecule has 0 fully saturated rings. The molecular formula is C23H24N2O3S. The zero-order valence-corrected chi connectivity index (χ0v) is 17.5. The molecule has 29 heavy (non-hydrogen) atoms. The topological polar surface area (TPSA) is 60.5 Å². The molecule has 3 rings (SSSR count). The number of amides is 1. The molecule has 0 aliphatic carbocycles. The number of hydrogen-bond acceptors (Lipinski definition) is 5. The minimum absolute atomic E-state index is 0.170. The Hall–Kier alpha value is -2.99. The number of carbonyl (C=O) groups is 1. The maximum Gasteiger partial charge on any atom is 0.255 e. The molecule has 5 nitrogen and oxygen atoms in total. The lowest BCUT2D eigenvalue weighted by molar-refractivity contribution is 0.102. The summed E-state index contributed by atoms with van der Waals surface area (Å²) in [6.07, 6.45) is 3.44. The van der Waals surface area contributed by atoms with Crippen LogP contribution in [0.25, 0.3) is 0 Å². The molecule has 0 aliphatic heterocycles. The van der Waals surface area contributed by atoms with Crippen molar-refractivity contribution < 1.29 is 14.3 Å². The molecule has 1 aromatic heterocycles. The van der Waals surface area contributed by atoms with Gasteiger partial charge in [0.15, 0.2) is 11.5 Å². The van der Waals surface area contributed by atoms with Gasteiger partial charge >= 0.3 is 0 Å². The molecule has 0 unspecified atom stereocenters. The summed E-state index contributed by atoms with van der Waals surface area (Å²) in [6.45, 7) is 4.66. The molecule has 150 valence electrons. The van der Waals surface area contributed by atoms with Crippen LogP contribution < -0.4 is 14.8 Å². The number of anilines is 1.